The van der Waals surface area contributed by atoms with Crippen LogP contribution in [0.15, 0.2) is 66.7 Å². The molecule has 0 aromatic heterocycles. The molecule has 0 spiro atoms. The van der Waals surface area contributed by atoms with Gasteiger partial charge in [0.1, 0.15) is 12.4 Å². The van der Waals surface area contributed by atoms with Crippen molar-refractivity contribution >= 4 is 23.3 Å². The number of hydrogen-bond acceptors (Lipinski definition) is 3. The Hall–Kier alpha value is -3.29. The van der Waals surface area contributed by atoms with E-state index in [0.29, 0.717) is 39.8 Å². The van der Waals surface area contributed by atoms with Gasteiger partial charge in [0.2, 0.25) is 0 Å². The Labute approximate surface area is 168 Å². The molecule has 0 fully saturated rings. The Bertz CT molecular complexity index is 1040. The topological polar surface area (TPSA) is 42.2 Å². The fraction of sp³-hybridized carbons (Fsp3) is 0.0870. The minimum absolute atomic E-state index is 0.315. The predicted molar refractivity (Wildman–Crippen MR) is 109 cm³/mol. The number of benzene rings is 3. The van der Waals surface area contributed by atoms with Crippen LogP contribution >= 0.6 is 11.6 Å². The second kappa shape index (κ2) is 9.07. The molecule has 0 aliphatic heterocycles. The first kappa shape index (κ1) is 19.5. The molecule has 3 rings (SSSR count). The van der Waals surface area contributed by atoms with Crippen molar-refractivity contribution in [3.8, 4) is 17.6 Å². The lowest BCUT2D eigenvalue weighted by atomic mass is 10.0. The molecule has 0 aliphatic rings. The lowest BCUT2D eigenvalue weighted by Crippen LogP contribution is -1.99. The molecule has 0 heterocycles. The van der Waals surface area contributed by atoms with Crippen molar-refractivity contribution in [3.63, 3.8) is 0 Å². The first-order valence-electron chi connectivity index (χ1n) is 8.52. The van der Waals surface area contributed by atoms with Gasteiger partial charge in [-0.3, -0.25) is 0 Å². The molecule has 5 heteroatoms. The Morgan fingerprint density at radius 2 is 1.89 bits per heavy atom. The van der Waals surface area contributed by atoms with Crippen molar-refractivity contribution in [2.75, 3.05) is 7.11 Å². The Morgan fingerprint density at radius 1 is 1.11 bits per heavy atom. The third-order valence-electron chi connectivity index (χ3n) is 4.04. The summed E-state index contributed by atoms with van der Waals surface area (Å²) in [5, 5.41) is 9.82. The molecule has 0 radical (unpaired) electrons. The van der Waals surface area contributed by atoms with Crippen molar-refractivity contribution < 1.29 is 13.9 Å². The van der Waals surface area contributed by atoms with E-state index in [1.807, 2.05) is 30.3 Å². The molecule has 28 heavy (non-hydrogen) atoms. The molecule has 140 valence electrons. The van der Waals surface area contributed by atoms with Crippen LogP contribution in [0.3, 0.4) is 0 Å². The zero-order valence-electron chi connectivity index (χ0n) is 15.2. The molecule has 0 bridgehead atoms. The first-order valence-corrected chi connectivity index (χ1v) is 8.90. The highest BCUT2D eigenvalue weighted by Gasteiger charge is 2.13. The number of halogens is 2. The zero-order valence-corrected chi connectivity index (χ0v) is 15.9. The predicted octanol–water partition coefficient (Wildman–Crippen LogP) is 6.13. The molecule has 0 saturated carbocycles. The van der Waals surface area contributed by atoms with Gasteiger partial charge in [-0.25, -0.2) is 4.39 Å². The maximum atomic E-state index is 13.5. The fourth-order valence-electron chi connectivity index (χ4n) is 2.70. The third-order valence-corrected chi connectivity index (χ3v) is 4.33. The molecule has 0 amide bonds. The molecule has 3 aromatic rings. The standard InChI is InChI=1S/C23H17ClFNO2/c1-27-22-12-17(10-19(14-26)18-8-5-9-20(25)13-18)11-21(24)23(22)28-15-16-6-3-2-4-7-16/h2-13H,15H2,1H3/b19-10-. The maximum absolute atomic E-state index is 13.5. The second-order valence-corrected chi connectivity index (χ2v) is 6.40. The van der Waals surface area contributed by atoms with E-state index in [9.17, 15) is 9.65 Å². The maximum Gasteiger partial charge on any atom is 0.180 e. The van der Waals surface area contributed by atoms with Crippen LogP contribution in [0.2, 0.25) is 5.02 Å². The number of hydrogen-bond donors (Lipinski definition) is 0. The van der Waals surface area contributed by atoms with Crippen molar-refractivity contribution in [3.05, 3.63) is 94.3 Å². The van der Waals surface area contributed by atoms with Crippen molar-refractivity contribution in [2.45, 2.75) is 6.61 Å². The van der Waals surface area contributed by atoms with E-state index >= 15 is 0 Å². The highest BCUT2D eigenvalue weighted by molar-refractivity contribution is 6.32. The van der Waals surface area contributed by atoms with Gasteiger partial charge in [0.05, 0.1) is 23.8 Å². The Balaban J connectivity index is 1.91. The smallest absolute Gasteiger partial charge is 0.180 e. The number of allylic oxidation sites excluding steroid dienone is 1. The summed E-state index contributed by atoms with van der Waals surface area (Å²) in [5.41, 5.74) is 2.45. The van der Waals surface area contributed by atoms with Crippen LogP contribution in [-0.2, 0) is 6.61 Å². The molecule has 3 nitrogen and oxygen atoms in total. The average molecular weight is 394 g/mol. The average Bonchev–Trinajstić information content (AvgIpc) is 2.71. The molecule has 3 aromatic carbocycles. The van der Waals surface area contributed by atoms with Crippen LogP contribution < -0.4 is 9.47 Å². The van der Waals surface area contributed by atoms with E-state index < -0.39 is 5.82 Å². The van der Waals surface area contributed by atoms with Crippen LogP contribution in [0.1, 0.15) is 16.7 Å². The van der Waals surface area contributed by atoms with Gasteiger partial charge >= 0.3 is 0 Å². The number of methoxy groups -OCH3 is 1. The minimum Gasteiger partial charge on any atom is -0.493 e. The van der Waals surface area contributed by atoms with Gasteiger partial charge in [-0.15, -0.1) is 0 Å². The number of nitrogens with zero attached hydrogens (tertiary/aromatic N) is 1. The zero-order chi connectivity index (χ0) is 19.9. The summed E-state index contributed by atoms with van der Waals surface area (Å²) >= 11 is 6.40. The number of ether oxygens (including phenoxy) is 2. The third kappa shape index (κ3) is 4.70. The fourth-order valence-corrected chi connectivity index (χ4v) is 2.97. The highest BCUT2D eigenvalue weighted by Crippen LogP contribution is 2.38. The van der Waals surface area contributed by atoms with Gasteiger partial charge in [-0.05, 0) is 47.0 Å². The monoisotopic (exact) mass is 393 g/mol. The van der Waals surface area contributed by atoms with Crippen molar-refractivity contribution in [1.29, 1.82) is 5.26 Å². The molecular weight excluding hydrogens is 377 g/mol. The van der Waals surface area contributed by atoms with Crippen LogP contribution in [0, 0.1) is 17.1 Å². The molecule has 0 N–H and O–H groups in total. The molecule has 0 aliphatic carbocycles. The quantitative estimate of drug-likeness (QED) is 0.373. The van der Waals surface area contributed by atoms with Gasteiger partial charge in [-0.2, -0.15) is 5.26 Å². The van der Waals surface area contributed by atoms with E-state index in [2.05, 4.69) is 6.07 Å². The van der Waals surface area contributed by atoms with E-state index in [4.69, 9.17) is 21.1 Å². The summed E-state index contributed by atoms with van der Waals surface area (Å²) in [5.74, 6) is 0.472. The second-order valence-electron chi connectivity index (χ2n) is 5.99. The highest BCUT2D eigenvalue weighted by atomic mass is 35.5. The number of nitriles is 1. The van der Waals surface area contributed by atoms with Crippen LogP contribution in [0.25, 0.3) is 11.6 Å². The summed E-state index contributed by atoms with van der Waals surface area (Å²) in [6.07, 6.45) is 1.63. The summed E-state index contributed by atoms with van der Waals surface area (Å²) in [6.45, 7) is 0.346. The molecule has 0 saturated heterocycles. The molecule has 0 unspecified atom stereocenters. The minimum atomic E-state index is -0.404. The van der Waals surface area contributed by atoms with Crippen molar-refractivity contribution in [1.82, 2.24) is 0 Å². The van der Waals surface area contributed by atoms with Gasteiger partial charge in [0, 0.05) is 0 Å². The SMILES string of the molecule is COc1cc(/C=C(/C#N)c2cccc(F)c2)cc(Cl)c1OCc1ccccc1. The number of rotatable bonds is 6. The van der Waals surface area contributed by atoms with E-state index in [1.54, 1.807) is 30.3 Å². The van der Waals surface area contributed by atoms with Gasteiger partial charge in [-0.1, -0.05) is 54.1 Å². The van der Waals surface area contributed by atoms with Crippen LogP contribution in [-0.4, -0.2) is 7.11 Å². The Morgan fingerprint density at radius 3 is 2.57 bits per heavy atom. The van der Waals surface area contributed by atoms with Crippen LogP contribution in [0.4, 0.5) is 4.39 Å². The van der Waals surface area contributed by atoms with Gasteiger partial charge in [0.25, 0.3) is 0 Å². The van der Waals surface area contributed by atoms with Gasteiger partial charge in [0.15, 0.2) is 11.5 Å². The summed E-state index contributed by atoms with van der Waals surface area (Å²) in [4.78, 5) is 0. The van der Waals surface area contributed by atoms with E-state index in [-0.39, 0.29) is 0 Å². The largest absolute Gasteiger partial charge is 0.493 e. The van der Waals surface area contributed by atoms with E-state index in [1.165, 1.54) is 19.2 Å². The lowest BCUT2D eigenvalue weighted by Gasteiger charge is -2.13. The Kier molecular flexibility index (Phi) is 6.31. The summed E-state index contributed by atoms with van der Waals surface area (Å²) in [7, 11) is 1.52. The summed E-state index contributed by atoms with van der Waals surface area (Å²) < 4.78 is 24.7. The lowest BCUT2D eigenvalue weighted by molar-refractivity contribution is 0.284. The van der Waals surface area contributed by atoms with Crippen molar-refractivity contribution in [2.24, 2.45) is 0 Å². The van der Waals surface area contributed by atoms with E-state index in [0.717, 1.165) is 5.56 Å². The summed E-state index contributed by atoms with van der Waals surface area (Å²) in [6, 6.07) is 21.1. The molecule has 0 atom stereocenters. The molecular formula is C23H17ClFNO2. The van der Waals surface area contributed by atoms with Gasteiger partial charge < -0.3 is 9.47 Å². The normalized spacial score (nSPS) is 11.0. The van der Waals surface area contributed by atoms with Crippen LogP contribution in [0.5, 0.6) is 11.5 Å². The first-order chi connectivity index (χ1) is 13.6.